The summed E-state index contributed by atoms with van der Waals surface area (Å²) in [5.41, 5.74) is 3.34. The van der Waals surface area contributed by atoms with Gasteiger partial charge in [0.25, 0.3) is 5.91 Å². The minimum Gasteiger partial charge on any atom is -0.494 e. The molecular formula is C26H27ClN4O4. The van der Waals surface area contributed by atoms with Gasteiger partial charge in [-0.15, -0.1) is 0 Å². The first-order valence-corrected chi connectivity index (χ1v) is 12.0. The Labute approximate surface area is 208 Å². The van der Waals surface area contributed by atoms with Gasteiger partial charge in [-0.3, -0.25) is 14.9 Å². The van der Waals surface area contributed by atoms with Gasteiger partial charge in [0.1, 0.15) is 11.3 Å². The van der Waals surface area contributed by atoms with Crippen LogP contribution in [0.15, 0.2) is 42.5 Å². The van der Waals surface area contributed by atoms with Gasteiger partial charge in [-0.05, 0) is 68.1 Å². The summed E-state index contributed by atoms with van der Waals surface area (Å²) in [6.07, 6.45) is 2.26. The summed E-state index contributed by atoms with van der Waals surface area (Å²) in [6, 6.07) is 12.9. The van der Waals surface area contributed by atoms with Crippen LogP contribution in [-0.2, 0) is 16.0 Å². The minimum absolute atomic E-state index is 0.218. The minimum atomic E-state index is -0.851. The largest absolute Gasteiger partial charge is 0.494 e. The molecule has 9 heteroatoms. The van der Waals surface area contributed by atoms with E-state index in [0.29, 0.717) is 36.9 Å². The number of carbonyl (C=O) groups excluding carboxylic acids is 3. The van der Waals surface area contributed by atoms with Crippen molar-refractivity contribution in [2.45, 2.75) is 38.3 Å². The first-order chi connectivity index (χ1) is 16.8. The van der Waals surface area contributed by atoms with Gasteiger partial charge in [-0.2, -0.15) is 0 Å². The first kappa shape index (κ1) is 23.2. The average molecular weight is 495 g/mol. The predicted molar refractivity (Wildman–Crippen MR) is 133 cm³/mol. The Kier molecular flexibility index (Phi) is 5.92. The van der Waals surface area contributed by atoms with Crippen LogP contribution in [0.5, 0.6) is 5.75 Å². The monoisotopic (exact) mass is 494 g/mol. The summed E-state index contributed by atoms with van der Waals surface area (Å²) in [5.74, 6) is 0.416. The number of urea groups is 1. The van der Waals surface area contributed by atoms with E-state index in [1.807, 2.05) is 42.5 Å². The molecule has 3 heterocycles. The summed E-state index contributed by atoms with van der Waals surface area (Å²) in [7, 11) is 0. The van der Waals surface area contributed by atoms with Crippen molar-refractivity contribution in [2.24, 2.45) is 0 Å². The SMILES string of the molecule is CC1(C)C(=O)NC(=O)N1CCCOc1ccc(C2c3[nH]c4ccc(Cl)cc4c3CCN2C=O)cc1. The van der Waals surface area contributed by atoms with E-state index in [0.717, 1.165) is 35.0 Å². The number of nitrogens with one attached hydrogen (secondary N) is 2. The third-order valence-corrected chi connectivity index (χ3v) is 7.18. The molecule has 2 aliphatic heterocycles. The molecular weight excluding hydrogens is 468 g/mol. The normalized spacial score (nSPS) is 19.1. The number of amides is 4. The summed E-state index contributed by atoms with van der Waals surface area (Å²) in [4.78, 5) is 42.6. The lowest BCUT2D eigenvalue weighted by atomic mass is 9.93. The van der Waals surface area contributed by atoms with Crippen molar-refractivity contribution in [1.29, 1.82) is 0 Å². The highest BCUT2D eigenvalue weighted by atomic mass is 35.5. The van der Waals surface area contributed by atoms with Crippen LogP contribution in [0.1, 0.15) is 43.1 Å². The van der Waals surface area contributed by atoms with Crippen LogP contribution >= 0.6 is 11.6 Å². The van der Waals surface area contributed by atoms with Gasteiger partial charge in [-0.1, -0.05) is 23.7 Å². The molecule has 2 aromatic carbocycles. The number of hydrogen-bond donors (Lipinski definition) is 2. The number of ether oxygens (including phenoxy) is 1. The van der Waals surface area contributed by atoms with Crippen LogP contribution in [0.3, 0.4) is 0 Å². The number of imide groups is 1. The molecule has 0 saturated carbocycles. The fourth-order valence-electron chi connectivity index (χ4n) is 4.99. The summed E-state index contributed by atoms with van der Waals surface area (Å²) >= 11 is 6.23. The number of H-pyrrole nitrogens is 1. The van der Waals surface area contributed by atoms with Crippen LogP contribution < -0.4 is 10.1 Å². The average Bonchev–Trinajstić information content (AvgIpc) is 3.29. The van der Waals surface area contributed by atoms with Crippen LogP contribution in [0.25, 0.3) is 10.9 Å². The van der Waals surface area contributed by atoms with Crippen molar-refractivity contribution in [3.63, 3.8) is 0 Å². The van der Waals surface area contributed by atoms with Crippen molar-refractivity contribution in [3.8, 4) is 5.75 Å². The lowest BCUT2D eigenvalue weighted by Crippen LogP contribution is -2.44. The van der Waals surface area contributed by atoms with Crippen molar-refractivity contribution < 1.29 is 19.1 Å². The number of rotatable bonds is 7. The van der Waals surface area contributed by atoms with Crippen LogP contribution in [-0.4, -0.2) is 58.4 Å². The molecule has 0 aliphatic carbocycles. The second-order valence-electron chi connectivity index (χ2n) is 9.44. The number of carbonyl (C=O) groups is 3. The predicted octanol–water partition coefficient (Wildman–Crippen LogP) is 4.02. The molecule has 1 unspecified atom stereocenters. The van der Waals surface area contributed by atoms with Gasteiger partial charge in [0.05, 0.1) is 12.6 Å². The van der Waals surface area contributed by atoms with Crippen molar-refractivity contribution in [2.75, 3.05) is 19.7 Å². The van der Waals surface area contributed by atoms with Gasteiger partial charge in [0, 0.05) is 34.7 Å². The maximum absolute atomic E-state index is 12.0. The number of aromatic nitrogens is 1. The number of hydrogen-bond acceptors (Lipinski definition) is 4. The Balaban J connectivity index is 1.28. The molecule has 1 aromatic heterocycles. The zero-order valence-electron chi connectivity index (χ0n) is 19.6. The van der Waals surface area contributed by atoms with E-state index < -0.39 is 5.54 Å². The Morgan fingerprint density at radius 2 is 1.94 bits per heavy atom. The van der Waals surface area contributed by atoms with Crippen molar-refractivity contribution >= 4 is 40.9 Å². The molecule has 8 nitrogen and oxygen atoms in total. The molecule has 0 spiro atoms. The molecule has 0 radical (unpaired) electrons. The maximum Gasteiger partial charge on any atom is 0.324 e. The third kappa shape index (κ3) is 4.12. The lowest BCUT2D eigenvalue weighted by molar-refractivity contribution is -0.125. The Morgan fingerprint density at radius 1 is 1.17 bits per heavy atom. The van der Waals surface area contributed by atoms with E-state index in [4.69, 9.17) is 16.3 Å². The quantitative estimate of drug-likeness (QED) is 0.294. The van der Waals surface area contributed by atoms with E-state index >= 15 is 0 Å². The molecule has 2 aliphatic rings. The number of fused-ring (bicyclic) bond motifs is 3. The smallest absolute Gasteiger partial charge is 0.324 e. The second kappa shape index (κ2) is 8.92. The van der Waals surface area contributed by atoms with Crippen LogP contribution in [0.4, 0.5) is 4.79 Å². The number of aromatic amines is 1. The molecule has 4 amide bonds. The van der Waals surface area contributed by atoms with E-state index in [2.05, 4.69) is 10.3 Å². The summed E-state index contributed by atoms with van der Waals surface area (Å²) in [6.45, 7) is 4.92. The molecule has 3 aromatic rings. The molecule has 1 saturated heterocycles. The van der Waals surface area contributed by atoms with Gasteiger partial charge < -0.3 is 19.5 Å². The fourth-order valence-corrected chi connectivity index (χ4v) is 5.16. The van der Waals surface area contributed by atoms with Crippen molar-refractivity contribution in [1.82, 2.24) is 20.1 Å². The van der Waals surface area contributed by atoms with Gasteiger partial charge in [0.2, 0.25) is 6.41 Å². The van der Waals surface area contributed by atoms with Crippen LogP contribution in [0, 0.1) is 0 Å². The van der Waals surface area contributed by atoms with E-state index in [1.165, 1.54) is 10.5 Å². The van der Waals surface area contributed by atoms with Gasteiger partial charge >= 0.3 is 6.03 Å². The molecule has 0 bridgehead atoms. The fraction of sp³-hybridized carbons (Fsp3) is 0.346. The zero-order valence-corrected chi connectivity index (χ0v) is 20.4. The summed E-state index contributed by atoms with van der Waals surface area (Å²) in [5, 5.41) is 4.14. The van der Waals surface area contributed by atoms with Gasteiger partial charge in [-0.25, -0.2) is 4.79 Å². The molecule has 182 valence electrons. The Morgan fingerprint density at radius 3 is 2.63 bits per heavy atom. The molecule has 5 rings (SSSR count). The number of halogens is 1. The standard InChI is InChI=1S/C26H27ClN4O4/c1-26(2)24(33)29-25(34)31(26)11-3-13-35-18-7-4-16(5-8-18)23-22-19(10-12-30(23)15-32)20-14-17(27)6-9-21(20)28-22/h4-9,14-15,23,28H,3,10-13H2,1-2H3,(H,29,33,34). The highest BCUT2D eigenvalue weighted by Gasteiger charge is 2.44. The second-order valence-corrected chi connectivity index (χ2v) is 9.88. The highest BCUT2D eigenvalue weighted by Crippen LogP contribution is 2.38. The Bertz CT molecular complexity index is 1300. The first-order valence-electron chi connectivity index (χ1n) is 11.7. The highest BCUT2D eigenvalue weighted by molar-refractivity contribution is 6.31. The number of benzene rings is 2. The molecule has 1 fully saturated rings. The van der Waals surface area contributed by atoms with Crippen molar-refractivity contribution in [3.05, 3.63) is 64.3 Å². The summed E-state index contributed by atoms with van der Waals surface area (Å²) < 4.78 is 5.87. The topological polar surface area (TPSA) is 94.7 Å². The van der Waals surface area contributed by atoms with E-state index in [-0.39, 0.29) is 18.0 Å². The van der Waals surface area contributed by atoms with E-state index in [1.54, 1.807) is 18.7 Å². The third-order valence-electron chi connectivity index (χ3n) is 6.95. The van der Waals surface area contributed by atoms with Gasteiger partial charge in [0.15, 0.2) is 0 Å². The molecule has 35 heavy (non-hydrogen) atoms. The lowest BCUT2D eigenvalue weighted by Gasteiger charge is -2.33. The van der Waals surface area contributed by atoms with E-state index in [9.17, 15) is 14.4 Å². The van der Waals surface area contributed by atoms with Crippen LogP contribution in [0.2, 0.25) is 5.02 Å². The molecule has 1 atom stereocenters. The molecule has 2 N–H and O–H groups in total. The zero-order chi connectivity index (χ0) is 24.7. The Hall–Kier alpha value is -3.52. The number of nitrogens with zero attached hydrogens (tertiary/aromatic N) is 2. The maximum atomic E-state index is 12.0.